The van der Waals surface area contributed by atoms with E-state index in [1.165, 1.54) is 0 Å². The van der Waals surface area contributed by atoms with E-state index in [2.05, 4.69) is 4.98 Å². The number of carbonyl (C=O) groups excluding carboxylic acids is 1. The smallest absolute Gasteiger partial charge is 0.260 e. The minimum Gasteiger partial charge on any atom is -0.358 e. The normalized spacial score (nSPS) is 15.3. The van der Waals surface area contributed by atoms with Gasteiger partial charge in [-0.15, -0.1) is 0 Å². The highest BCUT2D eigenvalue weighted by molar-refractivity contribution is 5.98. The minimum absolute atomic E-state index is 0.0175. The van der Waals surface area contributed by atoms with E-state index in [4.69, 9.17) is 4.74 Å². The maximum Gasteiger partial charge on any atom is 0.260 e. The fraction of sp³-hybridized carbons (Fsp3) is 0.368. The lowest BCUT2D eigenvalue weighted by Crippen LogP contribution is -2.38. The van der Waals surface area contributed by atoms with Gasteiger partial charge in [-0.1, -0.05) is 30.3 Å². The summed E-state index contributed by atoms with van der Waals surface area (Å²) in [5, 5.41) is 0. The summed E-state index contributed by atoms with van der Waals surface area (Å²) in [7, 11) is 0. The Morgan fingerprint density at radius 1 is 1.22 bits per heavy atom. The Balaban J connectivity index is 1.93. The third-order valence-electron chi connectivity index (χ3n) is 3.84. The molecule has 1 aliphatic rings. The first-order chi connectivity index (χ1) is 11.0. The standard InChI is InChI=1S/C19H22N2O2/c1-19(2,3)23-17(14-7-5-4-6-8-14)18(22)21-12-10-15-13-20-11-9-16(15)21/h4-9,11,13,17H,10,12H2,1-3H3/t17-/m1/s1. The van der Waals surface area contributed by atoms with Crippen molar-refractivity contribution < 1.29 is 9.53 Å². The average molecular weight is 310 g/mol. The summed E-state index contributed by atoms with van der Waals surface area (Å²) in [6.07, 6.45) is 3.80. The van der Waals surface area contributed by atoms with Crippen LogP contribution in [0.15, 0.2) is 48.8 Å². The lowest BCUT2D eigenvalue weighted by atomic mass is 10.1. The van der Waals surface area contributed by atoms with E-state index in [-0.39, 0.29) is 5.91 Å². The summed E-state index contributed by atoms with van der Waals surface area (Å²) < 4.78 is 6.11. The van der Waals surface area contributed by atoms with Gasteiger partial charge in [0, 0.05) is 18.9 Å². The van der Waals surface area contributed by atoms with Crippen LogP contribution < -0.4 is 4.90 Å². The van der Waals surface area contributed by atoms with Gasteiger partial charge >= 0.3 is 0 Å². The summed E-state index contributed by atoms with van der Waals surface area (Å²) in [4.78, 5) is 19.1. The molecule has 1 atom stereocenters. The number of nitrogens with zero attached hydrogens (tertiary/aromatic N) is 2. The Morgan fingerprint density at radius 2 is 1.96 bits per heavy atom. The molecule has 2 aromatic rings. The van der Waals surface area contributed by atoms with E-state index in [1.807, 2.05) is 68.3 Å². The molecule has 0 saturated carbocycles. The third kappa shape index (κ3) is 3.42. The van der Waals surface area contributed by atoms with Crippen LogP contribution in [0.4, 0.5) is 5.69 Å². The number of carbonyl (C=O) groups is 1. The zero-order valence-electron chi connectivity index (χ0n) is 13.8. The van der Waals surface area contributed by atoms with Gasteiger partial charge in [-0.05, 0) is 44.4 Å². The molecule has 1 aromatic heterocycles. The molecule has 23 heavy (non-hydrogen) atoms. The molecular formula is C19H22N2O2. The molecule has 0 fully saturated rings. The first-order valence-electron chi connectivity index (χ1n) is 7.93. The Labute approximate surface area is 137 Å². The number of ether oxygens (including phenoxy) is 1. The molecular weight excluding hydrogens is 288 g/mol. The van der Waals surface area contributed by atoms with Crippen LogP contribution >= 0.6 is 0 Å². The molecule has 1 amide bonds. The van der Waals surface area contributed by atoms with Crippen LogP contribution in [0.1, 0.15) is 38.0 Å². The number of hydrogen-bond acceptors (Lipinski definition) is 3. The van der Waals surface area contributed by atoms with E-state index < -0.39 is 11.7 Å². The molecule has 120 valence electrons. The summed E-state index contributed by atoms with van der Waals surface area (Å²) in [6.45, 7) is 6.59. The first-order valence-corrected chi connectivity index (χ1v) is 7.93. The zero-order chi connectivity index (χ0) is 16.4. The van der Waals surface area contributed by atoms with Crippen molar-refractivity contribution in [2.45, 2.75) is 38.9 Å². The third-order valence-corrected chi connectivity index (χ3v) is 3.84. The Hall–Kier alpha value is -2.20. The molecule has 4 heteroatoms. The SMILES string of the molecule is CC(C)(C)O[C@@H](C(=O)N1CCc2cnccc21)c1ccccc1. The second-order valence-electron chi connectivity index (χ2n) is 6.77. The molecule has 0 unspecified atom stereocenters. The van der Waals surface area contributed by atoms with E-state index in [9.17, 15) is 4.79 Å². The van der Waals surface area contributed by atoms with Crippen molar-refractivity contribution >= 4 is 11.6 Å². The van der Waals surface area contributed by atoms with Crippen LogP contribution in [0.5, 0.6) is 0 Å². The van der Waals surface area contributed by atoms with Crippen molar-refractivity contribution in [3.63, 3.8) is 0 Å². The molecule has 1 aromatic carbocycles. The van der Waals surface area contributed by atoms with Crippen molar-refractivity contribution in [2.24, 2.45) is 0 Å². The van der Waals surface area contributed by atoms with Gasteiger partial charge in [0.25, 0.3) is 5.91 Å². The van der Waals surface area contributed by atoms with Crippen LogP contribution in [-0.4, -0.2) is 23.0 Å². The summed E-state index contributed by atoms with van der Waals surface area (Å²) in [5.74, 6) is -0.0175. The molecule has 0 N–H and O–H groups in total. The highest BCUT2D eigenvalue weighted by Crippen LogP contribution is 2.32. The highest BCUT2D eigenvalue weighted by Gasteiger charge is 2.34. The van der Waals surface area contributed by atoms with Gasteiger partial charge in [0.1, 0.15) is 0 Å². The van der Waals surface area contributed by atoms with Gasteiger partial charge in [0.05, 0.1) is 11.3 Å². The van der Waals surface area contributed by atoms with E-state index >= 15 is 0 Å². The molecule has 3 rings (SSSR count). The molecule has 0 spiro atoms. The van der Waals surface area contributed by atoms with Crippen molar-refractivity contribution in [3.05, 3.63) is 59.9 Å². The van der Waals surface area contributed by atoms with Crippen molar-refractivity contribution in [1.29, 1.82) is 0 Å². The molecule has 2 heterocycles. The second kappa shape index (κ2) is 6.13. The molecule has 1 aliphatic heterocycles. The average Bonchev–Trinajstić information content (AvgIpc) is 2.96. The van der Waals surface area contributed by atoms with Gasteiger partial charge in [-0.2, -0.15) is 0 Å². The topological polar surface area (TPSA) is 42.4 Å². The number of pyridine rings is 1. The second-order valence-corrected chi connectivity index (χ2v) is 6.77. The lowest BCUT2D eigenvalue weighted by molar-refractivity contribution is -0.140. The maximum atomic E-state index is 13.2. The lowest BCUT2D eigenvalue weighted by Gasteiger charge is -2.30. The molecule has 4 nitrogen and oxygen atoms in total. The van der Waals surface area contributed by atoms with Gasteiger partial charge in [0.15, 0.2) is 6.10 Å². The van der Waals surface area contributed by atoms with Crippen molar-refractivity contribution in [3.8, 4) is 0 Å². The Kier molecular flexibility index (Phi) is 4.18. The van der Waals surface area contributed by atoms with E-state index in [0.717, 1.165) is 23.2 Å². The van der Waals surface area contributed by atoms with E-state index in [0.29, 0.717) is 6.54 Å². The fourth-order valence-electron chi connectivity index (χ4n) is 2.84. The van der Waals surface area contributed by atoms with Crippen LogP contribution in [0, 0.1) is 0 Å². The molecule has 0 aliphatic carbocycles. The molecule has 0 bridgehead atoms. The number of anilines is 1. The number of rotatable bonds is 3. The van der Waals surface area contributed by atoms with Gasteiger partial charge in [-0.3, -0.25) is 9.78 Å². The van der Waals surface area contributed by atoms with E-state index in [1.54, 1.807) is 6.20 Å². The zero-order valence-corrected chi connectivity index (χ0v) is 13.8. The first kappa shape index (κ1) is 15.7. The number of aromatic nitrogens is 1. The van der Waals surface area contributed by atoms with Crippen molar-refractivity contribution in [2.75, 3.05) is 11.4 Å². The largest absolute Gasteiger partial charge is 0.358 e. The summed E-state index contributed by atoms with van der Waals surface area (Å²) in [5.41, 5.74) is 2.54. The van der Waals surface area contributed by atoms with Gasteiger partial charge < -0.3 is 9.64 Å². The number of amides is 1. The quantitative estimate of drug-likeness (QED) is 0.871. The number of benzene rings is 1. The van der Waals surface area contributed by atoms with Crippen LogP contribution in [0.25, 0.3) is 0 Å². The summed E-state index contributed by atoms with van der Waals surface area (Å²) in [6, 6.07) is 11.6. The highest BCUT2D eigenvalue weighted by atomic mass is 16.5. The number of hydrogen-bond donors (Lipinski definition) is 0. The predicted octanol–water partition coefficient (Wildman–Crippen LogP) is 3.53. The monoisotopic (exact) mass is 310 g/mol. The summed E-state index contributed by atoms with van der Waals surface area (Å²) >= 11 is 0. The predicted molar refractivity (Wildman–Crippen MR) is 90.3 cm³/mol. The van der Waals surface area contributed by atoms with Crippen molar-refractivity contribution in [1.82, 2.24) is 4.98 Å². The minimum atomic E-state index is -0.602. The molecule has 0 saturated heterocycles. The maximum absolute atomic E-state index is 13.2. The molecule has 0 radical (unpaired) electrons. The number of fused-ring (bicyclic) bond motifs is 1. The Bertz CT molecular complexity index is 692. The van der Waals surface area contributed by atoms with Crippen LogP contribution in [0.3, 0.4) is 0 Å². The van der Waals surface area contributed by atoms with Crippen LogP contribution in [-0.2, 0) is 16.0 Å². The van der Waals surface area contributed by atoms with Gasteiger partial charge in [0.2, 0.25) is 0 Å². The van der Waals surface area contributed by atoms with Crippen LogP contribution in [0.2, 0.25) is 0 Å². The Morgan fingerprint density at radius 3 is 2.65 bits per heavy atom. The van der Waals surface area contributed by atoms with Gasteiger partial charge in [-0.25, -0.2) is 0 Å². The fourth-order valence-corrected chi connectivity index (χ4v) is 2.84.